The number of piperidine rings is 1. The summed E-state index contributed by atoms with van der Waals surface area (Å²) in [6, 6.07) is 16.9. The van der Waals surface area contributed by atoms with Gasteiger partial charge < -0.3 is 15.0 Å². The molecule has 0 aromatic heterocycles. The van der Waals surface area contributed by atoms with Crippen molar-refractivity contribution >= 4 is 21.7 Å². The predicted octanol–water partition coefficient (Wildman–Crippen LogP) is 3.07. The summed E-state index contributed by atoms with van der Waals surface area (Å²) < 4.78 is 32.0. The first kappa shape index (κ1) is 22.3. The number of guanidine groups is 1. The largest absolute Gasteiger partial charge is 0.383 e. The number of aliphatic imine (C=N–C) groups is 1. The lowest BCUT2D eigenvalue weighted by Gasteiger charge is -2.30. The highest BCUT2D eigenvalue weighted by atomic mass is 32.2. The van der Waals surface area contributed by atoms with Crippen LogP contribution in [0.15, 0.2) is 64.5 Å². The fraction of sp³-hybridized carbons (Fsp3) is 0.409. The number of ether oxygens (including phenoxy) is 1. The molecule has 1 aliphatic heterocycles. The summed E-state index contributed by atoms with van der Waals surface area (Å²) in [5.74, 6) is 0.860. The Kier molecular flexibility index (Phi) is 8.24. The second-order valence-electron chi connectivity index (χ2n) is 7.21. The molecule has 1 heterocycles. The predicted molar refractivity (Wildman–Crippen MR) is 120 cm³/mol. The smallest absolute Gasteiger partial charge is 0.240 e. The third kappa shape index (κ3) is 6.55. The van der Waals surface area contributed by atoms with Crippen LogP contribution in [0.2, 0.25) is 0 Å². The number of nitrogens with zero attached hydrogens (tertiary/aromatic N) is 2. The van der Waals surface area contributed by atoms with Crippen LogP contribution in [-0.4, -0.2) is 52.6 Å². The van der Waals surface area contributed by atoms with Gasteiger partial charge in [0, 0.05) is 32.4 Å². The number of rotatable bonds is 8. The van der Waals surface area contributed by atoms with Gasteiger partial charge in [-0.1, -0.05) is 30.3 Å². The number of sulfonamides is 1. The molecule has 30 heavy (non-hydrogen) atoms. The van der Waals surface area contributed by atoms with E-state index in [-0.39, 0.29) is 11.4 Å². The topological polar surface area (TPSA) is 83.0 Å². The molecule has 2 aromatic carbocycles. The lowest BCUT2D eigenvalue weighted by Crippen LogP contribution is -2.40. The van der Waals surface area contributed by atoms with Crippen LogP contribution < -0.4 is 10.0 Å². The third-order valence-corrected chi connectivity index (χ3v) is 6.41. The fourth-order valence-electron chi connectivity index (χ4n) is 3.28. The number of likely N-dealkylation sites (tertiary alicyclic amines) is 1. The maximum Gasteiger partial charge on any atom is 0.240 e. The van der Waals surface area contributed by atoms with Gasteiger partial charge in [-0.25, -0.2) is 18.1 Å². The molecule has 0 bridgehead atoms. The maximum atomic E-state index is 12.3. The third-order valence-electron chi connectivity index (χ3n) is 4.93. The maximum absolute atomic E-state index is 12.3. The summed E-state index contributed by atoms with van der Waals surface area (Å²) in [7, 11) is -1.99. The summed E-state index contributed by atoms with van der Waals surface area (Å²) in [5, 5.41) is 3.44. The summed E-state index contributed by atoms with van der Waals surface area (Å²) in [6.07, 6.45) is 3.58. The van der Waals surface area contributed by atoms with Gasteiger partial charge in [-0.2, -0.15) is 0 Å². The highest BCUT2D eigenvalue weighted by Gasteiger charge is 2.16. The van der Waals surface area contributed by atoms with Crippen LogP contribution in [0.1, 0.15) is 24.8 Å². The normalized spacial score (nSPS) is 15.2. The van der Waals surface area contributed by atoms with Gasteiger partial charge in [-0.3, -0.25) is 0 Å². The van der Waals surface area contributed by atoms with Crippen molar-refractivity contribution < 1.29 is 13.2 Å². The van der Waals surface area contributed by atoms with E-state index in [1.54, 1.807) is 12.1 Å². The van der Waals surface area contributed by atoms with Crippen molar-refractivity contribution in [1.82, 2.24) is 9.62 Å². The zero-order chi connectivity index (χ0) is 21.2. The molecule has 0 unspecified atom stereocenters. The minimum Gasteiger partial charge on any atom is -0.383 e. The van der Waals surface area contributed by atoms with Gasteiger partial charge in [-0.05, 0) is 49.1 Å². The SMILES string of the molecule is COCCNS(=O)(=O)c1ccc(CN=C(Nc2ccccc2)N2CCCCC2)cc1. The molecule has 2 aromatic rings. The van der Waals surface area contributed by atoms with Gasteiger partial charge in [0.15, 0.2) is 5.96 Å². The summed E-state index contributed by atoms with van der Waals surface area (Å²) >= 11 is 0. The lowest BCUT2D eigenvalue weighted by molar-refractivity contribution is 0.204. The molecule has 3 rings (SSSR count). The van der Waals surface area contributed by atoms with Gasteiger partial charge in [0.1, 0.15) is 0 Å². The highest BCUT2D eigenvalue weighted by molar-refractivity contribution is 7.89. The van der Waals surface area contributed by atoms with Gasteiger partial charge in [-0.15, -0.1) is 0 Å². The number of benzene rings is 2. The molecule has 0 atom stereocenters. The minimum absolute atomic E-state index is 0.241. The number of hydrogen-bond donors (Lipinski definition) is 2. The fourth-order valence-corrected chi connectivity index (χ4v) is 4.29. The quantitative estimate of drug-likeness (QED) is 0.382. The Hall–Kier alpha value is -2.42. The molecular formula is C22H30N4O3S. The van der Waals surface area contributed by atoms with Crippen molar-refractivity contribution in [2.24, 2.45) is 4.99 Å². The molecular weight excluding hydrogens is 400 g/mol. The van der Waals surface area contributed by atoms with Gasteiger partial charge in [0.05, 0.1) is 18.0 Å². The van der Waals surface area contributed by atoms with Gasteiger partial charge in [0.25, 0.3) is 0 Å². The van der Waals surface area contributed by atoms with E-state index in [0.29, 0.717) is 13.2 Å². The van der Waals surface area contributed by atoms with E-state index in [2.05, 4.69) is 14.9 Å². The van der Waals surface area contributed by atoms with Gasteiger partial charge >= 0.3 is 0 Å². The molecule has 0 amide bonds. The molecule has 1 aliphatic rings. The zero-order valence-electron chi connectivity index (χ0n) is 17.4. The van der Waals surface area contributed by atoms with Crippen molar-refractivity contribution in [3.05, 3.63) is 60.2 Å². The first-order valence-electron chi connectivity index (χ1n) is 10.3. The Morgan fingerprint density at radius 2 is 1.73 bits per heavy atom. The lowest BCUT2D eigenvalue weighted by atomic mass is 10.1. The number of para-hydroxylation sites is 1. The Balaban J connectivity index is 1.70. The van der Waals surface area contributed by atoms with Crippen molar-refractivity contribution in [2.75, 3.05) is 38.7 Å². The van der Waals surface area contributed by atoms with Crippen LogP contribution in [0.25, 0.3) is 0 Å². The molecule has 2 N–H and O–H groups in total. The number of nitrogens with one attached hydrogen (secondary N) is 2. The molecule has 0 radical (unpaired) electrons. The van der Waals surface area contributed by atoms with Crippen LogP contribution >= 0.6 is 0 Å². The van der Waals surface area contributed by atoms with E-state index in [4.69, 9.17) is 9.73 Å². The van der Waals surface area contributed by atoms with E-state index in [0.717, 1.165) is 43.1 Å². The van der Waals surface area contributed by atoms with Crippen molar-refractivity contribution in [2.45, 2.75) is 30.7 Å². The summed E-state index contributed by atoms with van der Waals surface area (Å²) in [6.45, 7) is 3.03. The number of anilines is 1. The van der Waals surface area contributed by atoms with E-state index in [9.17, 15) is 8.42 Å². The van der Waals surface area contributed by atoms with Crippen molar-refractivity contribution in [3.8, 4) is 0 Å². The Bertz CT molecular complexity index is 909. The number of methoxy groups -OCH3 is 1. The second-order valence-corrected chi connectivity index (χ2v) is 8.98. The van der Waals surface area contributed by atoms with Gasteiger partial charge in [0.2, 0.25) is 10.0 Å². The van der Waals surface area contributed by atoms with E-state index < -0.39 is 10.0 Å². The Morgan fingerprint density at radius 1 is 1.03 bits per heavy atom. The molecule has 0 saturated carbocycles. The molecule has 8 heteroatoms. The zero-order valence-corrected chi connectivity index (χ0v) is 18.2. The molecule has 7 nitrogen and oxygen atoms in total. The van der Waals surface area contributed by atoms with E-state index >= 15 is 0 Å². The molecule has 1 fully saturated rings. The minimum atomic E-state index is -3.52. The van der Waals surface area contributed by atoms with E-state index in [1.165, 1.54) is 13.5 Å². The van der Waals surface area contributed by atoms with Crippen LogP contribution in [0, 0.1) is 0 Å². The molecule has 0 aliphatic carbocycles. The monoisotopic (exact) mass is 430 g/mol. The summed E-state index contributed by atoms with van der Waals surface area (Å²) in [5.41, 5.74) is 1.96. The number of hydrogen-bond acceptors (Lipinski definition) is 4. The van der Waals surface area contributed by atoms with Crippen LogP contribution in [0.4, 0.5) is 5.69 Å². The van der Waals surface area contributed by atoms with Crippen molar-refractivity contribution in [1.29, 1.82) is 0 Å². The van der Waals surface area contributed by atoms with E-state index in [1.807, 2.05) is 42.5 Å². The Labute approximate surface area is 179 Å². The van der Waals surface area contributed by atoms with Crippen molar-refractivity contribution in [3.63, 3.8) is 0 Å². The average Bonchev–Trinajstić information content (AvgIpc) is 2.78. The molecule has 1 saturated heterocycles. The van der Waals surface area contributed by atoms with Crippen LogP contribution in [0.3, 0.4) is 0 Å². The first-order chi connectivity index (χ1) is 14.6. The van der Waals surface area contributed by atoms with Crippen LogP contribution in [-0.2, 0) is 21.3 Å². The second kappa shape index (κ2) is 11.1. The molecule has 162 valence electrons. The average molecular weight is 431 g/mol. The summed E-state index contributed by atoms with van der Waals surface area (Å²) in [4.78, 5) is 7.34. The van der Waals surface area contributed by atoms with Crippen LogP contribution in [0.5, 0.6) is 0 Å². The highest BCUT2D eigenvalue weighted by Crippen LogP contribution is 2.15. The Morgan fingerprint density at radius 3 is 2.40 bits per heavy atom. The standard InChI is InChI=1S/C22H30N4O3S/c1-29-17-14-24-30(27,28)21-12-10-19(11-13-21)18-23-22(26-15-6-3-7-16-26)25-20-8-4-2-5-9-20/h2,4-5,8-13,24H,3,6-7,14-18H2,1H3,(H,23,25). The first-order valence-corrected chi connectivity index (χ1v) is 11.8. The molecule has 0 spiro atoms.